The third-order valence-corrected chi connectivity index (χ3v) is 3.81. The third-order valence-electron chi connectivity index (χ3n) is 2.45. The van der Waals surface area contributed by atoms with Crippen molar-refractivity contribution >= 4 is 47.0 Å². The molecule has 0 saturated heterocycles. The van der Waals surface area contributed by atoms with Gasteiger partial charge in [-0.25, -0.2) is 14.9 Å². The van der Waals surface area contributed by atoms with Gasteiger partial charge in [-0.2, -0.15) is 0 Å². The van der Waals surface area contributed by atoms with Crippen molar-refractivity contribution in [1.82, 2.24) is 5.32 Å². The number of amides is 2. The molecule has 0 atom stereocenters. The topological polar surface area (TPSA) is 64.6 Å². The summed E-state index contributed by atoms with van der Waals surface area (Å²) in [6, 6.07) is 8.98. The van der Waals surface area contributed by atoms with E-state index in [1.807, 2.05) is 11.4 Å². The maximum atomic E-state index is 11.5. The van der Waals surface area contributed by atoms with Crippen molar-refractivity contribution in [3.05, 3.63) is 35.9 Å². The first-order valence-electron chi connectivity index (χ1n) is 5.89. The fourth-order valence-corrected chi connectivity index (χ4v) is 1.27. The van der Waals surface area contributed by atoms with Gasteiger partial charge in [-0.1, -0.05) is 65.1 Å². The number of benzene rings is 1. The van der Waals surface area contributed by atoms with Gasteiger partial charge in [0.25, 0.3) is 0 Å². The van der Waals surface area contributed by atoms with Gasteiger partial charge in [-0.15, -0.1) is 0 Å². The van der Waals surface area contributed by atoms with Crippen molar-refractivity contribution in [3.63, 3.8) is 0 Å². The van der Waals surface area contributed by atoms with E-state index in [1.165, 1.54) is 13.8 Å². The molecule has 0 bridgehead atoms. The van der Waals surface area contributed by atoms with Crippen LogP contribution in [0.2, 0.25) is 0 Å². The van der Waals surface area contributed by atoms with Crippen molar-refractivity contribution in [1.29, 1.82) is 0 Å². The van der Waals surface area contributed by atoms with Gasteiger partial charge in [0, 0.05) is 0 Å². The van der Waals surface area contributed by atoms with Gasteiger partial charge in [-0.05, 0) is 19.4 Å². The number of ether oxygens (including phenoxy) is 2. The molecule has 1 aromatic carbocycles. The number of carbonyl (C=O) groups excluding carboxylic acids is 2. The summed E-state index contributed by atoms with van der Waals surface area (Å²) in [4.78, 5) is 22.9. The molecule has 0 unspecified atom stereocenters. The molecule has 21 heavy (non-hydrogen) atoms. The molecule has 0 fully saturated rings. The minimum absolute atomic E-state index is 0.0216. The largest absolute Gasteiger partial charge is 0.444 e. The fraction of sp³-hybridized carbons (Fsp3) is 0.385. The molecule has 0 radical (unpaired) electrons. The van der Waals surface area contributed by atoms with Gasteiger partial charge >= 0.3 is 12.2 Å². The van der Waals surface area contributed by atoms with Crippen molar-refractivity contribution in [2.45, 2.75) is 29.8 Å². The summed E-state index contributed by atoms with van der Waals surface area (Å²) in [7, 11) is 0. The normalized spacial score (nSPS) is 11.7. The van der Waals surface area contributed by atoms with Crippen molar-refractivity contribution in [3.8, 4) is 0 Å². The average Bonchev–Trinajstić information content (AvgIpc) is 2.35. The summed E-state index contributed by atoms with van der Waals surface area (Å²) < 4.78 is 7.89. The molecule has 1 rings (SSSR count). The molecular weight excluding hydrogens is 341 g/mol. The van der Waals surface area contributed by atoms with E-state index in [9.17, 15) is 9.59 Å². The Hall–Kier alpha value is -1.17. The van der Waals surface area contributed by atoms with Crippen molar-refractivity contribution in [2.75, 3.05) is 0 Å². The highest BCUT2D eigenvalue weighted by molar-refractivity contribution is 6.68. The summed E-state index contributed by atoms with van der Waals surface area (Å²) in [5, 5.41) is 1.88. The van der Waals surface area contributed by atoms with E-state index >= 15 is 0 Å². The Morgan fingerprint density at radius 1 is 1.10 bits per heavy atom. The molecule has 0 aliphatic heterocycles. The van der Waals surface area contributed by atoms with E-state index in [1.54, 1.807) is 24.3 Å². The van der Waals surface area contributed by atoms with Crippen molar-refractivity contribution < 1.29 is 19.1 Å². The molecule has 2 amide bonds. The van der Waals surface area contributed by atoms with E-state index in [2.05, 4.69) is 0 Å². The first-order valence-corrected chi connectivity index (χ1v) is 7.02. The number of hydrogen-bond donors (Lipinski definition) is 1. The van der Waals surface area contributed by atoms with E-state index in [4.69, 9.17) is 44.3 Å². The van der Waals surface area contributed by atoms with Crippen LogP contribution in [0.15, 0.2) is 30.3 Å². The maximum absolute atomic E-state index is 11.5. The Morgan fingerprint density at radius 3 is 2.19 bits per heavy atom. The van der Waals surface area contributed by atoms with Crippen LogP contribution in [0.3, 0.4) is 0 Å². The van der Waals surface area contributed by atoms with Crippen LogP contribution in [0.5, 0.6) is 0 Å². The second-order valence-corrected chi connectivity index (χ2v) is 6.87. The van der Waals surface area contributed by atoms with Crippen LogP contribution in [0.4, 0.5) is 9.59 Å². The number of alkyl halides is 3. The molecule has 8 heteroatoms. The van der Waals surface area contributed by atoms with Crippen LogP contribution in [-0.2, 0) is 16.1 Å². The molecule has 1 N–H and O–H groups in total. The number of carbonyl (C=O) groups is 2. The van der Waals surface area contributed by atoms with E-state index in [-0.39, 0.29) is 6.61 Å². The molecule has 5 nitrogen and oxygen atoms in total. The van der Waals surface area contributed by atoms with Gasteiger partial charge in [-0.3, -0.25) is 0 Å². The predicted octanol–water partition coefficient (Wildman–Crippen LogP) is 4.20. The quantitative estimate of drug-likeness (QED) is 0.826. The highest BCUT2D eigenvalue weighted by Gasteiger charge is 2.44. The second kappa shape index (κ2) is 7.20. The van der Waals surface area contributed by atoms with Crippen LogP contribution in [0, 0.1) is 0 Å². The van der Waals surface area contributed by atoms with Gasteiger partial charge in [0.15, 0.2) is 5.60 Å². The molecule has 116 valence electrons. The Bertz CT molecular complexity index is 500. The molecule has 1 aromatic rings. The molecule has 0 aliphatic rings. The number of alkyl carbamates (subject to hydrolysis) is 2. The van der Waals surface area contributed by atoms with Crippen LogP contribution in [-0.4, -0.2) is 21.6 Å². The first kappa shape index (κ1) is 17.9. The highest BCUT2D eigenvalue weighted by atomic mass is 35.6. The Balaban J connectivity index is 2.43. The van der Waals surface area contributed by atoms with E-state index in [0.29, 0.717) is 0 Å². The van der Waals surface area contributed by atoms with Gasteiger partial charge in [0.05, 0.1) is 0 Å². The standard InChI is InChI=1S/C13H14Cl3NO4/c1-12(2,13(14,15)16)21-11(19)17-10(18)20-8-9-6-4-3-5-7-9/h3-7H,8H2,1-2H3,(H,17,18,19). The SMILES string of the molecule is CC(C)(OC(=O)NC(=O)OCc1ccccc1)C(Cl)(Cl)Cl. The van der Waals surface area contributed by atoms with Crippen molar-refractivity contribution in [2.24, 2.45) is 0 Å². The lowest BCUT2D eigenvalue weighted by molar-refractivity contribution is 0.0402. The third kappa shape index (κ3) is 5.99. The van der Waals surface area contributed by atoms with Gasteiger partial charge in [0.2, 0.25) is 3.79 Å². The van der Waals surface area contributed by atoms with Crippen LogP contribution in [0.25, 0.3) is 0 Å². The van der Waals surface area contributed by atoms with Crippen LogP contribution < -0.4 is 5.32 Å². The Morgan fingerprint density at radius 2 is 1.67 bits per heavy atom. The van der Waals surface area contributed by atoms with Crippen LogP contribution in [0.1, 0.15) is 19.4 Å². The van der Waals surface area contributed by atoms with E-state index < -0.39 is 21.6 Å². The monoisotopic (exact) mass is 353 g/mol. The number of hydrogen-bond acceptors (Lipinski definition) is 4. The Kier molecular flexibility index (Phi) is 6.13. The summed E-state index contributed by atoms with van der Waals surface area (Å²) in [5.74, 6) is 0. The molecule has 0 aliphatic carbocycles. The highest BCUT2D eigenvalue weighted by Crippen LogP contribution is 2.40. The zero-order valence-electron chi connectivity index (χ0n) is 11.4. The zero-order valence-corrected chi connectivity index (χ0v) is 13.6. The molecule has 0 spiro atoms. The van der Waals surface area contributed by atoms with Crippen LogP contribution >= 0.6 is 34.8 Å². The zero-order chi connectivity index (χ0) is 16.1. The summed E-state index contributed by atoms with van der Waals surface area (Å²) in [6.07, 6.45) is -2.02. The number of nitrogens with one attached hydrogen (secondary N) is 1. The van der Waals surface area contributed by atoms with E-state index in [0.717, 1.165) is 5.56 Å². The Labute approximate surface area is 137 Å². The number of imide groups is 1. The van der Waals surface area contributed by atoms with Gasteiger partial charge < -0.3 is 9.47 Å². The molecule has 0 heterocycles. The summed E-state index contributed by atoms with van der Waals surface area (Å²) in [5.41, 5.74) is -0.635. The number of rotatable bonds is 3. The second-order valence-electron chi connectivity index (χ2n) is 4.58. The molecule has 0 saturated carbocycles. The molecular formula is C13H14Cl3NO4. The lowest BCUT2D eigenvalue weighted by atomic mass is 10.2. The summed E-state index contributed by atoms with van der Waals surface area (Å²) >= 11 is 17.0. The maximum Gasteiger partial charge on any atom is 0.417 e. The lowest BCUT2D eigenvalue weighted by Gasteiger charge is -2.31. The smallest absolute Gasteiger partial charge is 0.417 e. The minimum Gasteiger partial charge on any atom is -0.444 e. The molecule has 0 aromatic heterocycles. The minimum atomic E-state index is -1.84. The number of halogens is 3. The predicted molar refractivity (Wildman–Crippen MR) is 80.6 cm³/mol. The lowest BCUT2D eigenvalue weighted by Crippen LogP contribution is -2.45. The average molecular weight is 355 g/mol. The first-order chi connectivity index (χ1) is 9.62. The summed E-state index contributed by atoms with van der Waals surface area (Å²) in [6.45, 7) is 2.82. The fourth-order valence-electron chi connectivity index (χ4n) is 1.16. The van der Waals surface area contributed by atoms with Gasteiger partial charge in [0.1, 0.15) is 6.61 Å².